The van der Waals surface area contributed by atoms with Crippen LogP contribution in [0, 0.1) is 11.3 Å². The van der Waals surface area contributed by atoms with Gasteiger partial charge in [-0.1, -0.05) is 60.7 Å². The van der Waals surface area contributed by atoms with Gasteiger partial charge in [0.05, 0.1) is 22.4 Å². The Labute approximate surface area is 174 Å². The molecule has 1 heterocycles. The molecule has 4 rings (SSSR count). The van der Waals surface area contributed by atoms with Gasteiger partial charge in [-0.25, -0.2) is 9.97 Å². The first-order valence-electron chi connectivity index (χ1n) is 9.46. The summed E-state index contributed by atoms with van der Waals surface area (Å²) in [6, 6.07) is 27.4. The molecule has 1 N–H and O–H groups in total. The van der Waals surface area contributed by atoms with Crippen LogP contribution in [0.25, 0.3) is 33.5 Å². The quantitative estimate of drug-likeness (QED) is 0.366. The van der Waals surface area contributed by atoms with Gasteiger partial charge in [-0.15, -0.1) is 0 Å². The average Bonchev–Trinajstić information content (AvgIpc) is 2.79. The topological polar surface area (TPSA) is 78.7 Å². The maximum absolute atomic E-state index is 11.4. The minimum Gasteiger partial charge on any atom is -0.360 e. The first-order chi connectivity index (χ1) is 14.7. The van der Waals surface area contributed by atoms with Crippen molar-refractivity contribution in [2.45, 2.75) is 6.92 Å². The lowest BCUT2D eigenvalue weighted by atomic mass is 10.0. The third kappa shape index (κ3) is 3.94. The molecule has 0 bridgehead atoms. The number of allylic oxidation sites excluding steroid dienone is 1. The van der Waals surface area contributed by atoms with Gasteiger partial charge in [-0.2, -0.15) is 5.26 Å². The van der Waals surface area contributed by atoms with Crippen molar-refractivity contribution in [3.05, 3.63) is 90.6 Å². The van der Waals surface area contributed by atoms with Crippen molar-refractivity contribution in [2.75, 3.05) is 5.32 Å². The van der Waals surface area contributed by atoms with Crippen LogP contribution in [0.5, 0.6) is 0 Å². The van der Waals surface area contributed by atoms with Crippen LogP contribution in [0.3, 0.4) is 0 Å². The van der Waals surface area contributed by atoms with Crippen molar-refractivity contribution < 1.29 is 4.79 Å². The molecule has 0 radical (unpaired) electrons. The second-order valence-electron chi connectivity index (χ2n) is 6.73. The lowest BCUT2D eigenvalue weighted by molar-refractivity contribution is -0.113. The molecule has 144 valence electrons. The maximum atomic E-state index is 11.4. The van der Waals surface area contributed by atoms with E-state index in [9.17, 15) is 4.79 Å². The maximum Gasteiger partial charge on any atom is 0.171 e. The molecule has 0 amide bonds. The highest BCUT2D eigenvalue weighted by atomic mass is 16.1. The number of aromatic nitrogens is 2. The predicted octanol–water partition coefficient (Wildman–Crippen LogP) is 5.37. The van der Waals surface area contributed by atoms with Crippen molar-refractivity contribution in [1.82, 2.24) is 9.97 Å². The number of hydrogen-bond acceptors (Lipinski definition) is 5. The number of ketones is 1. The number of anilines is 1. The number of benzene rings is 3. The van der Waals surface area contributed by atoms with Gasteiger partial charge in [-0.3, -0.25) is 4.79 Å². The predicted molar refractivity (Wildman–Crippen MR) is 118 cm³/mol. The highest BCUT2D eigenvalue weighted by Crippen LogP contribution is 2.31. The van der Waals surface area contributed by atoms with Crippen molar-refractivity contribution in [3.8, 4) is 28.6 Å². The zero-order valence-electron chi connectivity index (χ0n) is 16.3. The van der Waals surface area contributed by atoms with Gasteiger partial charge in [0.2, 0.25) is 0 Å². The number of Topliss-reactive ketones (excluding diaryl/α,β-unsaturated/α-hetero) is 1. The fourth-order valence-electron chi connectivity index (χ4n) is 3.11. The molecule has 0 aliphatic carbocycles. The van der Waals surface area contributed by atoms with Crippen molar-refractivity contribution in [1.29, 1.82) is 5.26 Å². The van der Waals surface area contributed by atoms with E-state index >= 15 is 0 Å². The van der Waals surface area contributed by atoms with Crippen LogP contribution in [-0.2, 0) is 4.79 Å². The number of nitrogens with one attached hydrogen (secondary N) is 1. The van der Waals surface area contributed by atoms with Crippen LogP contribution >= 0.6 is 0 Å². The van der Waals surface area contributed by atoms with Crippen molar-refractivity contribution in [3.63, 3.8) is 0 Å². The SMILES string of the molecule is CC(=O)/C(C#N)=C\Nc1ccc2nc(-c3ccccc3)c(-c3ccccc3)nc2c1. The van der Waals surface area contributed by atoms with E-state index in [-0.39, 0.29) is 11.4 Å². The summed E-state index contributed by atoms with van der Waals surface area (Å²) in [6.07, 6.45) is 1.41. The van der Waals surface area contributed by atoms with Crippen LogP contribution in [0.15, 0.2) is 90.6 Å². The number of fused-ring (bicyclic) bond motifs is 1. The fourth-order valence-corrected chi connectivity index (χ4v) is 3.11. The number of carbonyl (C=O) groups is 1. The molecular formula is C25H18N4O. The first-order valence-corrected chi connectivity index (χ1v) is 9.46. The monoisotopic (exact) mass is 390 g/mol. The molecule has 0 spiro atoms. The molecule has 5 nitrogen and oxygen atoms in total. The number of rotatable bonds is 5. The molecule has 0 saturated heterocycles. The summed E-state index contributed by atoms with van der Waals surface area (Å²) in [7, 11) is 0. The number of carbonyl (C=O) groups excluding carboxylic acids is 1. The Balaban J connectivity index is 1.84. The van der Waals surface area contributed by atoms with Crippen LogP contribution < -0.4 is 5.32 Å². The third-order valence-corrected chi connectivity index (χ3v) is 4.64. The zero-order chi connectivity index (χ0) is 20.9. The molecule has 5 heteroatoms. The van der Waals surface area contributed by atoms with E-state index in [1.807, 2.05) is 84.9 Å². The molecule has 0 aliphatic rings. The van der Waals surface area contributed by atoms with Crippen molar-refractivity contribution >= 4 is 22.5 Å². The summed E-state index contributed by atoms with van der Waals surface area (Å²) in [4.78, 5) is 21.2. The van der Waals surface area contributed by atoms with E-state index in [0.29, 0.717) is 5.52 Å². The van der Waals surface area contributed by atoms with Crippen LogP contribution in [0.1, 0.15) is 6.92 Å². The number of nitrogens with zero attached hydrogens (tertiary/aromatic N) is 3. The van der Waals surface area contributed by atoms with Crippen LogP contribution in [0.4, 0.5) is 5.69 Å². The standard InChI is InChI=1S/C25H18N4O/c1-17(30)20(15-26)16-27-21-12-13-22-23(14-21)29-25(19-10-6-3-7-11-19)24(28-22)18-8-4-2-5-9-18/h2-14,16,27H,1H3/b20-16-. The normalized spacial score (nSPS) is 11.1. The molecule has 3 aromatic carbocycles. The molecule has 4 aromatic rings. The van der Waals surface area contributed by atoms with E-state index in [1.165, 1.54) is 13.1 Å². The molecule has 0 unspecified atom stereocenters. The molecule has 0 fully saturated rings. The van der Waals surface area contributed by atoms with E-state index in [2.05, 4.69) is 5.32 Å². The average molecular weight is 390 g/mol. The molecule has 1 aromatic heterocycles. The van der Waals surface area contributed by atoms with Crippen molar-refractivity contribution in [2.24, 2.45) is 0 Å². The van der Waals surface area contributed by atoms with Gasteiger partial charge in [0.15, 0.2) is 5.78 Å². The molecule has 0 atom stereocenters. The molecule has 0 aliphatic heterocycles. The smallest absolute Gasteiger partial charge is 0.171 e. The Morgan fingerprint density at radius 1 is 0.867 bits per heavy atom. The Hall–Kier alpha value is -4.30. The van der Waals surface area contributed by atoms with E-state index in [0.717, 1.165) is 33.7 Å². The largest absolute Gasteiger partial charge is 0.360 e. The summed E-state index contributed by atoms with van der Waals surface area (Å²) in [5.41, 5.74) is 5.84. The van der Waals surface area contributed by atoms with Gasteiger partial charge in [0, 0.05) is 23.0 Å². The summed E-state index contributed by atoms with van der Waals surface area (Å²) in [5.74, 6) is -0.288. The lowest BCUT2D eigenvalue weighted by Crippen LogP contribution is -1.99. The Bertz CT molecular complexity index is 1290. The fraction of sp³-hybridized carbons (Fsp3) is 0.0400. The first kappa shape index (κ1) is 19.0. The summed E-state index contributed by atoms with van der Waals surface area (Å²) >= 11 is 0. The second-order valence-corrected chi connectivity index (χ2v) is 6.73. The van der Waals surface area contributed by atoms with E-state index < -0.39 is 0 Å². The second kappa shape index (κ2) is 8.38. The highest BCUT2D eigenvalue weighted by Gasteiger charge is 2.13. The summed E-state index contributed by atoms with van der Waals surface area (Å²) in [5, 5.41) is 12.0. The third-order valence-electron chi connectivity index (χ3n) is 4.64. The lowest BCUT2D eigenvalue weighted by Gasteiger charge is -2.11. The Morgan fingerprint density at radius 3 is 1.97 bits per heavy atom. The van der Waals surface area contributed by atoms with Gasteiger partial charge in [0.25, 0.3) is 0 Å². The van der Waals surface area contributed by atoms with Gasteiger partial charge >= 0.3 is 0 Å². The molecule has 30 heavy (non-hydrogen) atoms. The zero-order valence-corrected chi connectivity index (χ0v) is 16.3. The van der Waals surface area contributed by atoms with E-state index in [1.54, 1.807) is 0 Å². The van der Waals surface area contributed by atoms with Crippen LogP contribution in [-0.4, -0.2) is 15.8 Å². The Morgan fingerprint density at radius 2 is 1.43 bits per heavy atom. The number of nitriles is 1. The van der Waals surface area contributed by atoms with Gasteiger partial charge < -0.3 is 5.32 Å². The van der Waals surface area contributed by atoms with E-state index in [4.69, 9.17) is 15.2 Å². The number of hydrogen-bond donors (Lipinski definition) is 1. The minimum atomic E-state index is -0.288. The highest BCUT2D eigenvalue weighted by molar-refractivity contribution is 5.97. The van der Waals surface area contributed by atoms with Crippen LogP contribution in [0.2, 0.25) is 0 Å². The van der Waals surface area contributed by atoms with Gasteiger partial charge in [-0.05, 0) is 25.1 Å². The van der Waals surface area contributed by atoms with Gasteiger partial charge in [0.1, 0.15) is 11.6 Å². The summed E-state index contributed by atoms with van der Waals surface area (Å²) < 4.78 is 0. The molecular weight excluding hydrogens is 372 g/mol. The Kier molecular flexibility index (Phi) is 5.31. The minimum absolute atomic E-state index is 0.0607. The summed E-state index contributed by atoms with van der Waals surface area (Å²) in [6.45, 7) is 1.36. The molecule has 0 saturated carbocycles.